The molecule has 2 aromatic rings. The molecule has 2 aliphatic rings. The number of amides is 1. The van der Waals surface area contributed by atoms with Crippen molar-refractivity contribution in [3.8, 4) is 11.5 Å². The number of hydrogen-bond donors (Lipinski definition) is 1. The van der Waals surface area contributed by atoms with Crippen molar-refractivity contribution in [2.75, 3.05) is 31.6 Å². The maximum Gasteiger partial charge on any atom is 0.243 e. The molecule has 1 amide bonds. The van der Waals surface area contributed by atoms with Crippen LogP contribution in [0.2, 0.25) is 0 Å². The Hall–Kier alpha value is -2.10. The van der Waals surface area contributed by atoms with Gasteiger partial charge in [-0.2, -0.15) is 4.31 Å². The number of anilines is 1. The zero-order chi connectivity index (χ0) is 21.3. The fraction of sp³-hybridized carbons (Fsp3) is 0.381. The fourth-order valence-electron chi connectivity index (χ4n) is 3.69. The van der Waals surface area contributed by atoms with Crippen molar-refractivity contribution in [3.63, 3.8) is 0 Å². The number of benzene rings is 2. The van der Waals surface area contributed by atoms with Crippen LogP contribution in [0.5, 0.6) is 11.5 Å². The minimum atomic E-state index is -3.65. The summed E-state index contributed by atoms with van der Waals surface area (Å²) in [5.41, 5.74) is 1.74. The van der Waals surface area contributed by atoms with Crippen molar-refractivity contribution >= 4 is 37.5 Å². The summed E-state index contributed by atoms with van der Waals surface area (Å²) in [6, 6.07) is 10.4. The Morgan fingerprint density at radius 1 is 1.07 bits per heavy atom. The molecule has 4 rings (SSSR count). The van der Waals surface area contributed by atoms with Crippen LogP contribution >= 0.6 is 15.9 Å². The number of carbonyl (C=O) groups excluding carboxylic acids is 1. The molecule has 0 radical (unpaired) electrons. The van der Waals surface area contributed by atoms with Gasteiger partial charge in [0, 0.05) is 35.2 Å². The lowest BCUT2D eigenvalue weighted by atomic mass is 9.97. The van der Waals surface area contributed by atoms with E-state index in [-0.39, 0.29) is 16.7 Å². The lowest BCUT2D eigenvalue weighted by molar-refractivity contribution is -0.120. The summed E-state index contributed by atoms with van der Waals surface area (Å²) in [6.45, 7) is 3.38. The molecular formula is C21H23BrN2O5S. The van der Waals surface area contributed by atoms with Gasteiger partial charge in [-0.1, -0.05) is 15.9 Å². The first-order valence-corrected chi connectivity index (χ1v) is 12.0. The average molecular weight is 495 g/mol. The van der Waals surface area contributed by atoms with Gasteiger partial charge in [-0.05, 0) is 55.7 Å². The number of ether oxygens (including phenoxy) is 2. The summed E-state index contributed by atoms with van der Waals surface area (Å²) < 4.78 is 39.4. The topological polar surface area (TPSA) is 84.9 Å². The van der Waals surface area contributed by atoms with Gasteiger partial charge in [-0.25, -0.2) is 8.42 Å². The highest BCUT2D eigenvalue weighted by Crippen LogP contribution is 2.34. The molecule has 30 heavy (non-hydrogen) atoms. The van der Waals surface area contributed by atoms with Gasteiger partial charge in [0.05, 0.1) is 4.90 Å². The molecular weight excluding hydrogens is 472 g/mol. The predicted octanol–water partition coefficient (Wildman–Crippen LogP) is 3.57. The molecule has 0 atom stereocenters. The van der Waals surface area contributed by atoms with Gasteiger partial charge in [0.15, 0.2) is 11.5 Å². The van der Waals surface area contributed by atoms with Crippen LogP contribution in [0.15, 0.2) is 45.8 Å². The van der Waals surface area contributed by atoms with E-state index in [9.17, 15) is 13.2 Å². The molecule has 0 aromatic heterocycles. The minimum absolute atomic E-state index is 0.0724. The van der Waals surface area contributed by atoms with Gasteiger partial charge in [-0.3, -0.25) is 4.79 Å². The van der Waals surface area contributed by atoms with E-state index in [1.54, 1.807) is 6.07 Å². The molecule has 2 aromatic carbocycles. The molecule has 160 valence electrons. The molecule has 2 heterocycles. The monoisotopic (exact) mass is 494 g/mol. The normalized spacial score (nSPS) is 17.5. The quantitative estimate of drug-likeness (QED) is 0.701. The Labute approximate surface area is 184 Å². The highest BCUT2D eigenvalue weighted by atomic mass is 79.9. The molecule has 1 saturated heterocycles. The Morgan fingerprint density at radius 2 is 1.77 bits per heavy atom. The second-order valence-electron chi connectivity index (χ2n) is 7.43. The number of nitrogens with one attached hydrogen (secondary N) is 1. The molecule has 1 fully saturated rings. The van der Waals surface area contributed by atoms with E-state index in [0.717, 1.165) is 15.7 Å². The predicted molar refractivity (Wildman–Crippen MR) is 116 cm³/mol. The molecule has 1 N–H and O–H groups in total. The van der Waals surface area contributed by atoms with E-state index in [2.05, 4.69) is 21.2 Å². The largest absolute Gasteiger partial charge is 0.486 e. The summed E-state index contributed by atoms with van der Waals surface area (Å²) >= 11 is 3.41. The summed E-state index contributed by atoms with van der Waals surface area (Å²) in [5.74, 6) is 0.705. The number of carbonyl (C=O) groups is 1. The van der Waals surface area contributed by atoms with Crippen molar-refractivity contribution in [1.82, 2.24) is 4.31 Å². The molecule has 0 aliphatic carbocycles. The number of hydrogen-bond acceptors (Lipinski definition) is 5. The van der Waals surface area contributed by atoms with Gasteiger partial charge in [0.2, 0.25) is 15.9 Å². The first-order valence-electron chi connectivity index (χ1n) is 9.81. The second kappa shape index (κ2) is 8.56. The van der Waals surface area contributed by atoms with E-state index >= 15 is 0 Å². The number of aryl methyl sites for hydroxylation is 1. The molecule has 0 spiro atoms. The van der Waals surface area contributed by atoms with Crippen molar-refractivity contribution < 1.29 is 22.7 Å². The molecule has 9 heteroatoms. The fourth-order valence-corrected chi connectivity index (χ4v) is 5.65. The van der Waals surface area contributed by atoms with Gasteiger partial charge in [0.1, 0.15) is 13.2 Å². The first kappa shape index (κ1) is 21.1. The van der Waals surface area contributed by atoms with Crippen LogP contribution in [0.4, 0.5) is 5.69 Å². The van der Waals surface area contributed by atoms with Gasteiger partial charge in [-0.15, -0.1) is 0 Å². The number of nitrogens with zero attached hydrogens (tertiary/aromatic N) is 1. The SMILES string of the molecule is Cc1cc(Br)ccc1NC(=O)C1CCN(S(=O)(=O)c2ccc3c(c2)OCCO3)CC1. The lowest BCUT2D eigenvalue weighted by Gasteiger charge is -2.31. The van der Waals surface area contributed by atoms with E-state index < -0.39 is 10.0 Å². The molecule has 0 unspecified atom stereocenters. The number of sulfonamides is 1. The molecule has 2 aliphatic heterocycles. The Morgan fingerprint density at radius 3 is 2.47 bits per heavy atom. The van der Waals surface area contributed by atoms with Gasteiger partial charge >= 0.3 is 0 Å². The van der Waals surface area contributed by atoms with E-state index in [1.165, 1.54) is 16.4 Å². The van der Waals surface area contributed by atoms with Crippen molar-refractivity contribution in [2.45, 2.75) is 24.7 Å². The maximum atomic E-state index is 13.0. The van der Waals surface area contributed by atoms with Crippen LogP contribution in [-0.2, 0) is 14.8 Å². The van der Waals surface area contributed by atoms with Crippen LogP contribution < -0.4 is 14.8 Å². The van der Waals surface area contributed by atoms with Crippen molar-refractivity contribution in [3.05, 3.63) is 46.4 Å². The number of fused-ring (bicyclic) bond motifs is 1. The van der Waals surface area contributed by atoms with Crippen LogP contribution in [0.3, 0.4) is 0 Å². The summed E-state index contributed by atoms with van der Waals surface area (Å²) in [4.78, 5) is 12.9. The lowest BCUT2D eigenvalue weighted by Crippen LogP contribution is -2.41. The Bertz CT molecular complexity index is 1070. The smallest absolute Gasteiger partial charge is 0.243 e. The van der Waals surface area contributed by atoms with Crippen molar-refractivity contribution in [2.24, 2.45) is 5.92 Å². The highest BCUT2D eigenvalue weighted by molar-refractivity contribution is 9.10. The zero-order valence-corrected chi connectivity index (χ0v) is 19.0. The molecule has 0 bridgehead atoms. The number of rotatable bonds is 4. The van der Waals surface area contributed by atoms with E-state index in [1.807, 2.05) is 25.1 Å². The molecule has 0 saturated carbocycles. The third kappa shape index (κ3) is 4.33. The van der Waals surface area contributed by atoms with Gasteiger partial charge < -0.3 is 14.8 Å². The van der Waals surface area contributed by atoms with Gasteiger partial charge in [0.25, 0.3) is 0 Å². The third-order valence-corrected chi connectivity index (χ3v) is 7.81. The van der Waals surface area contributed by atoms with Crippen molar-refractivity contribution in [1.29, 1.82) is 0 Å². The second-order valence-corrected chi connectivity index (χ2v) is 10.3. The minimum Gasteiger partial charge on any atom is -0.486 e. The Kier molecular flexibility index (Phi) is 6.04. The van der Waals surface area contributed by atoms with Crippen LogP contribution in [0.1, 0.15) is 18.4 Å². The van der Waals surface area contributed by atoms with E-state index in [0.29, 0.717) is 50.6 Å². The summed E-state index contributed by atoms with van der Waals surface area (Å²) in [5, 5.41) is 2.97. The highest BCUT2D eigenvalue weighted by Gasteiger charge is 2.33. The van der Waals surface area contributed by atoms with Crippen LogP contribution in [-0.4, -0.2) is 44.9 Å². The Balaban J connectivity index is 1.40. The standard InChI is InChI=1S/C21H23BrN2O5S/c1-14-12-16(22)2-4-18(14)23-21(25)15-6-8-24(9-7-15)30(26,27)17-3-5-19-20(13-17)29-11-10-28-19/h2-5,12-13,15H,6-11H2,1H3,(H,23,25). The third-order valence-electron chi connectivity index (χ3n) is 5.42. The average Bonchev–Trinajstić information content (AvgIpc) is 2.75. The zero-order valence-electron chi connectivity index (χ0n) is 16.6. The number of piperidine rings is 1. The number of halogens is 1. The summed E-state index contributed by atoms with van der Waals surface area (Å²) in [6.07, 6.45) is 0.955. The first-order chi connectivity index (χ1) is 14.3. The molecule has 7 nitrogen and oxygen atoms in total. The van der Waals surface area contributed by atoms with Crippen LogP contribution in [0.25, 0.3) is 0 Å². The summed E-state index contributed by atoms with van der Waals surface area (Å²) in [7, 11) is -3.65. The van der Waals surface area contributed by atoms with Crippen LogP contribution in [0, 0.1) is 12.8 Å². The maximum absolute atomic E-state index is 13.0. The van der Waals surface area contributed by atoms with E-state index in [4.69, 9.17) is 9.47 Å².